The second-order valence-corrected chi connectivity index (χ2v) is 8.45. The summed E-state index contributed by atoms with van der Waals surface area (Å²) >= 11 is 0. The number of carbonyl (C=O) groups excluding carboxylic acids is 1. The summed E-state index contributed by atoms with van der Waals surface area (Å²) in [6.07, 6.45) is 6.51. The molecule has 1 fully saturated rings. The molecule has 1 saturated heterocycles. The third-order valence-electron chi connectivity index (χ3n) is 3.83. The number of fused-ring (bicyclic) bond motifs is 2. The van der Waals surface area contributed by atoms with Gasteiger partial charge in [-0.3, -0.25) is 4.90 Å². The molecule has 2 bridgehead atoms. The van der Waals surface area contributed by atoms with Gasteiger partial charge in [0.2, 0.25) is 0 Å². The average Bonchev–Trinajstić information content (AvgIpc) is 2.46. The summed E-state index contributed by atoms with van der Waals surface area (Å²) in [5, 5.41) is 0. The smallest absolute Gasteiger partial charge is 0.411 e. The summed E-state index contributed by atoms with van der Waals surface area (Å²) in [7, 11) is 0. The van der Waals surface area contributed by atoms with Gasteiger partial charge in [0.15, 0.2) is 0 Å². The highest BCUT2D eigenvalue weighted by atomic mass is 16.6. The van der Waals surface area contributed by atoms with Gasteiger partial charge >= 0.3 is 6.09 Å². The molecule has 1 amide bonds. The standard InChI is InChI=1S/C17H29NO2/c1-16(2,3)11-12-9-13-7-8-14(10-12)18(13)15(19)20-17(4,5)6/h9,13-14H,7-8,10-11H2,1-6H3. The molecule has 2 aliphatic rings. The van der Waals surface area contributed by atoms with Gasteiger partial charge in [0, 0.05) is 6.04 Å². The van der Waals surface area contributed by atoms with Crippen LogP contribution in [0.1, 0.15) is 67.2 Å². The average molecular weight is 279 g/mol. The van der Waals surface area contributed by atoms with Gasteiger partial charge in [-0.25, -0.2) is 4.79 Å². The van der Waals surface area contributed by atoms with E-state index in [1.54, 1.807) is 0 Å². The van der Waals surface area contributed by atoms with Gasteiger partial charge in [-0.05, 0) is 51.9 Å². The Kier molecular flexibility index (Phi) is 3.92. The Balaban J connectivity index is 2.08. The summed E-state index contributed by atoms with van der Waals surface area (Å²) in [5.41, 5.74) is 1.43. The summed E-state index contributed by atoms with van der Waals surface area (Å²) in [4.78, 5) is 14.3. The highest BCUT2D eigenvalue weighted by molar-refractivity contribution is 5.70. The first kappa shape index (κ1) is 15.4. The van der Waals surface area contributed by atoms with E-state index in [2.05, 4.69) is 26.8 Å². The molecule has 0 aromatic carbocycles. The van der Waals surface area contributed by atoms with Crippen LogP contribution < -0.4 is 0 Å². The third-order valence-corrected chi connectivity index (χ3v) is 3.83. The van der Waals surface area contributed by atoms with Gasteiger partial charge in [-0.1, -0.05) is 32.4 Å². The number of hydrogen-bond acceptors (Lipinski definition) is 2. The van der Waals surface area contributed by atoms with E-state index in [1.165, 1.54) is 5.57 Å². The predicted octanol–water partition coefficient (Wildman–Crippen LogP) is 4.52. The minimum absolute atomic E-state index is 0.143. The maximum absolute atomic E-state index is 12.3. The molecule has 0 aromatic heterocycles. The molecule has 2 rings (SSSR count). The molecular formula is C17H29NO2. The van der Waals surface area contributed by atoms with Gasteiger partial charge in [0.1, 0.15) is 5.60 Å². The first-order chi connectivity index (χ1) is 9.05. The van der Waals surface area contributed by atoms with Gasteiger partial charge in [0.05, 0.1) is 6.04 Å². The molecule has 0 N–H and O–H groups in total. The van der Waals surface area contributed by atoms with Crippen LogP contribution in [0.25, 0.3) is 0 Å². The zero-order chi connectivity index (χ0) is 15.1. The predicted molar refractivity (Wildman–Crippen MR) is 81.7 cm³/mol. The van der Waals surface area contributed by atoms with Crippen molar-refractivity contribution in [1.82, 2.24) is 4.90 Å². The maximum atomic E-state index is 12.3. The van der Waals surface area contributed by atoms with E-state index in [0.29, 0.717) is 11.5 Å². The molecule has 3 heteroatoms. The fourth-order valence-electron chi connectivity index (χ4n) is 3.33. The second kappa shape index (κ2) is 5.09. The van der Waals surface area contributed by atoms with Gasteiger partial charge in [0.25, 0.3) is 0 Å². The van der Waals surface area contributed by atoms with E-state index < -0.39 is 5.60 Å². The van der Waals surface area contributed by atoms with Crippen LogP contribution in [-0.2, 0) is 4.74 Å². The molecule has 0 aliphatic carbocycles. The fraction of sp³-hybridized carbons (Fsp3) is 0.824. The minimum atomic E-state index is -0.411. The minimum Gasteiger partial charge on any atom is -0.444 e. The molecule has 2 unspecified atom stereocenters. The summed E-state index contributed by atoms with van der Waals surface area (Å²) < 4.78 is 5.55. The normalized spacial score (nSPS) is 26.5. The first-order valence-corrected chi connectivity index (χ1v) is 7.76. The Morgan fingerprint density at radius 3 is 2.40 bits per heavy atom. The highest BCUT2D eigenvalue weighted by Gasteiger charge is 2.41. The topological polar surface area (TPSA) is 29.5 Å². The number of ether oxygens (including phenoxy) is 1. The lowest BCUT2D eigenvalue weighted by atomic mass is 9.84. The molecule has 2 heterocycles. The summed E-state index contributed by atoms with van der Waals surface area (Å²) in [6.45, 7) is 12.6. The van der Waals surface area contributed by atoms with Crippen molar-refractivity contribution in [1.29, 1.82) is 0 Å². The van der Waals surface area contributed by atoms with Crippen LogP contribution in [0.3, 0.4) is 0 Å². The maximum Gasteiger partial charge on any atom is 0.411 e. The van der Waals surface area contributed by atoms with Crippen LogP contribution in [0.5, 0.6) is 0 Å². The van der Waals surface area contributed by atoms with Crippen LogP contribution >= 0.6 is 0 Å². The van der Waals surface area contributed by atoms with E-state index in [0.717, 1.165) is 25.7 Å². The molecular weight excluding hydrogens is 250 g/mol. The van der Waals surface area contributed by atoms with Crippen LogP contribution in [0.2, 0.25) is 0 Å². The Bertz CT molecular complexity index is 412. The van der Waals surface area contributed by atoms with Crippen LogP contribution in [0.4, 0.5) is 4.79 Å². The number of hydrogen-bond donors (Lipinski definition) is 0. The van der Waals surface area contributed by atoms with Crippen molar-refractivity contribution in [2.24, 2.45) is 5.41 Å². The summed E-state index contributed by atoms with van der Waals surface area (Å²) in [6, 6.07) is 0.596. The molecule has 0 saturated carbocycles. The van der Waals surface area contributed by atoms with Gasteiger partial charge in [-0.2, -0.15) is 0 Å². The van der Waals surface area contributed by atoms with Crippen molar-refractivity contribution < 1.29 is 9.53 Å². The lowest BCUT2D eigenvalue weighted by Gasteiger charge is -2.36. The lowest BCUT2D eigenvalue weighted by molar-refractivity contribution is 0.0165. The third kappa shape index (κ3) is 3.77. The lowest BCUT2D eigenvalue weighted by Crippen LogP contribution is -2.45. The Morgan fingerprint density at radius 2 is 1.90 bits per heavy atom. The van der Waals surface area contributed by atoms with Crippen LogP contribution in [0, 0.1) is 5.41 Å². The molecule has 2 aliphatic heterocycles. The Labute approximate surface area is 123 Å². The van der Waals surface area contributed by atoms with Crippen molar-refractivity contribution in [3.8, 4) is 0 Å². The molecule has 0 spiro atoms. The van der Waals surface area contributed by atoms with Crippen molar-refractivity contribution >= 4 is 6.09 Å². The van der Waals surface area contributed by atoms with E-state index in [-0.39, 0.29) is 12.1 Å². The number of amides is 1. The Morgan fingerprint density at radius 1 is 1.25 bits per heavy atom. The summed E-state index contributed by atoms with van der Waals surface area (Å²) in [5.74, 6) is 0. The van der Waals surface area contributed by atoms with E-state index in [1.807, 2.05) is 25.7 Å². The molecule has 2 atom stereocenters. The molecule has 0 aromatic rings. The van der Waals surface area contributed by atoms with Crippen LogP contribution in [-0.4, -0.2) is 28.7 Å². The zero-order valence-corrected chi connectivity index (χ0v) is 13.8. The SMILES string of the molecule is CC(C)(C)CC1=CC2CCC(C1)N2C(=O)OC(C)(C)C. The van der Waals surface area contributed by atoms with Crippen molar-refractivity contribution in [2.45, 2.75) is 84.9 Å². The quantitative estimate of drug-likeness (QED) is 0.660. The van der Waals surface area contributed by atoms with Crippen molar-refractivity contribution in [3.63, 3.8) is 0 Å². The Hall–Kier alpha value is -0.990. The number of carbonyl (C=O) groups is 1. The van der Waals surface area contributed by atoms with Crippen molar-refractivity contribution in [3.05, 3.63) is 11.6 Å². The van der Waals surface area contributed by atoms with E-state index in [4.69, 9.17) is 4.74 Å². The molecule has 114 valence electrons. The zero-order valence-electron chi connectivity index (χ0n) is 13.8. The van der Waals surface area contributed by atoms with E-state index >= 15 is 0 Å². The monoisotopic (exact) mass is 279 g/mol. The van der Waals surface area contributed by atoms with Gasteiger partial charge < -0.3 is 4.74 Å². The largest absolute Gasteiger partial charge is 0.444 e. The van der Waals surface area contributed by atoms with Crippen molar-refractivity contribution in [2.75, 3.05) is 0 Å². The number of nitrogens with zero attached hydrogens (tertiary/aromatic N) is 1. The second-order valence-electron chi connectivity index (χ2n) is 8.45. The van der Waals surface area contributed by atoms with Crippen LogP contribution in [0.15, 0.2) is 11.6 Å². The highest BCUT2D eigenvalue weighted by Crippen LogP contribution is 2.39. The first-order valence-electron chi connectivity index (χ1n) is 7.76. The molecule has 3 nitrogen and oxygen atoms in total. The molecule has 20 heavy (non-hydrogen) atoms. The fourth-order valence-corrected chi connectivity index (χ4v) is 3.33. The number of rotatable bonds is 1. The van der Waals surface area contributed by atoms with E-state index in [9.17, 15) is 4.79 Å². The van der Waals surface area contributed by atoms with Gasteiger partial charge in [-0.15, -0.1) is 0 Å². The molecule has 0 radical (unpaired) electrons.